The van der Waals surface area contributed by atoms with E-state index in [2.05, 4.69) is 37.4 Å². The molecule has 1 aliphatic carbocycles. The molecule has 0 atom stereocenters. The van der Waals surface area contributed by atoms with Gasteiger partial charge in [-0.3, -0.25) is 9.59 Å². The second-order valence-electron chi connectivity index (χ2n) is 9.33. The molecule has 2 aliphatic heterocycles. The zero-order valence-corrected chi connectivity index (χ0v) is 18.3. The van der Waals surface area contributed by atoms with E-state index in [1.165, 1.54) is 22.3 Å². The molecule has 0 radical (unpaired) electrons. The van der Waals surface area contributed by atoms with Crippen LogP contribution in [0.2, 0.25) is 0 Å². The summed E-state index contributed by atoms with van der Waals surface area (Å²) >= 11 is 0. The van der Waals surface area contributed by atoms with Gasteiger partial charge in [-0.15, -0.1) is 0 Å². The summed E-state index contributed by atoms with van der Waals surface area (Å²) in [6.07, 6.45) is 3.42. The van der Waals surface area contributed by atoms with Crippen molar-refractivity contribution >= 4 is 17.5 Å². The molecule has 5 heteroatoms. The zero-order valence-electron chi connectivity index (χ0n) is 18.3. The van der Waals surface area contributed by atoms with Crippen molar-refractivity contribution in [3.63, 3.8) is 0 Å². The summed E-state index contributed by atoms with van der Waals surface area (Å²) in [7, 11) is 0. The standard InChI is InChI=1S/C26H30N2O3/c1-16-4-3-5-22-24(16)13-28(26(22)30)21-10-7-18(8-11-21)25(29)27-20-9-6-17(2)23(12-20)19-14-31-15-19/h3-6,9,12,18-19,21H,7-8,10-11,13-15H2,1-2H3,(H,27,29). The molecule has 5 nitrogen and oxygen atoms in total. The molecule has 1 saturated heterocycles. The molecule has 0 unspecified atom stereocenters. The van der Waals surface area contributed by atoms with Crippen molar-refractivity contribution in [2.45, 2.75) is 58.0 Å². The molecule has 5 rings (SSSR count). The lowest BCUT2D eigenvalue weighted by Crippen LogP contribution is -2.40. The van der Waals surface area contributed by atoms with Gasteiger partial charge in [-0.25, -0.2) is 0 Å². The Hall–Kier alpha value is -2.66. The van der Waals surface area contributed by atoms with Crippen molar-refractivity contribution in [1.82, 2.24) is 4.90 Å². The molecule has 3 aliphatic rings. The number of ether oxygens (including phenoxy) is 1. The number of rotatable bonds is 4. The minimum Gasteiger partial charge on any atom is -0.380 e. The molecule has 0 bridgehead atoms. The number of nitrogens with zero attached hydrogens (tertiary/aromatic N) is 1. The number of aryl methyl sites for hydroxylation is 2. The van der Waals surface area contributed by atoms with E-state index in [1.807, 2.05) is 23.1 Å². The van der Waals surface area contributed by atoms with Crippen LogP contribution in [0.25, 0.3) is 0 Å². The first-order chi connectivity index (χ1) is 15.0. The van der Waals surface area contributed by atoms with Crippen molar-refractivity contribution in [3.05, 3.63) is 64.2 Å². The Morgan fingerprint density at radius 3 is 2.48 bits per heavy atom. The second-order valence-corrected chi connectivity index (χ2v) is 9.33. The normalized spacial score (nSPS) is 23.4. The Balaban J connectivity index is 1.19. The third-order valence-electron chi connectivity index (χ3n) is 7.36. The highest BCUT2D eigenvalue weighted by atomic mass is 16.5. The molecule has 2 amide bonds. The van der Waals surface area contributed by atoms with Crippen LogP contribution in [-0.4, -0.2) is 36.0 Å². The number of amides is 2. The minimum absolute atomic E-state index is 0.00913. The number of anilines is 1. The summed E-state index contributed by atoms with van der Waals surface area (Å²) in [5.74, 6) is 0.705. The molecule has 162 valence electrons. The number of benzene rings is 2. The van der Waals surface area contributed by atoms with E-state index in [4.69, 9.17) is 4.74 Å². The second kappa shape index (κ2) is 8.12. The molecule has 0 spiro atoms. The summed E-state index contributed by atoms with van der Waals surface area (Å²) < 4.78 is 5.33. The third-order valence-corrected chi connectivity index (χ3v) is 7.36. The Morgan fingerprint density at radius 2 is 1.81 bits per heavy atom. The lowest BCUT2D eigenvalue weighted by atomic mass is 9.84. The van der Waals surface area contributed by atoms with E-state index < -0.39 is 0 Å². The maximum atomic E-state index is 12.9. The average Bonchev–Trinajstić information content (AvgIpc) is 3.07. The SMILES string of the molecule is Cc1ccc(NC(=O)C2CCC(N3Cc4c(C)cccc4C3=O)CC2)cc1C1COC1. The van der Waals surface area contributed by atoms with Crippen LogP contribution < -0.4 is 5.32 Å². The molecule has 2 fully saturated rings. The van der Waals surface area contributed by atoms with E-state index >= 15 is 0 Å². The van der Waals surface area contributed by atoms with Gasteiger partial charge in [0.2, 0.25) is 5.91 Å². The average molecular weight is 419 g/mol. The number of fused-ring (bicyclic) bond motifs is 1. The smallest absolute Gasteiger partial charge is 0.254 e. The highest BCUT2D eigenvalue weighted by Gasteiger charge is 2.36. The Morgan fingerprint density at radius 1 is 1.03 bits per heavy atom. The van der Waals surface area contributed by atoms with Gasteiger partial charge in [-0.1, -0.05) is 18.2 Å². The molecule has 2 aromatic rings. The van der Waals surface area contributed by atoms with Gasteiger partial charge in [-0.05, 0) is 80.0 Å². The number of carbonyl (C=O) groups excluding carboxylic acids is 2. The number of hydrogen-bond acceptors (Lipinski definition) is 3. The molecule has 31 heavy (non-hydrogen) atoms. The summed E-state index contributed by atoms with van der Waals surface area (Å²) in [4.78, 5) is 27.8. The molecule has 1 saturated carbocycles. The summed E-state index contributed by atoms with van der Waals surface area (Å²) in [5, 5.41) is 3.14. The third kappa shape index (κ3) is 3.76. The van der Waals surface area contributed by atoms with E-state index in [-0.39, 0.29) is 23.8 Å². The van der Waals surface area contributed by atoms with E-state index in [0.29, 0.717) is 12.5 Å². The Labute approximate surface area is 183 Å². The van der Waals surface area contributed by atoms with Crippen molar-refractivity contribution in [2.75, 3.05) is 18.5 Å². The van der Waals surface area contributed by atoms with Gasteiger partial charge in [0.05, 0.1) is 13.2 Å². The van der Waals surface area contributed by atoms with Gasteiger partial charge in [0.15, 0.2) is 0 Å². The zero-order chi connectivity index (χ0) is 21.5. The van der Waals surface area contributed by atoms with Crippen molar-refractivity contribution in [2.24, 2.45) is 5.92 Å². The van der Waals surface area contributed by atoms with Gasteiger partial charge in [0.25, 0.3) is 5.91 Å². The molecule has 2 aromatic carbocycles. The first kappa shape index (κ1) is 20.3. The topological polar surface area (TPSA) is 58.6 Å². The first-order valence-corrected chi connectivity index (χ1v) is 11.4. The van der Waals surface area contributed by atoms with Crippen molar-refractivity contribution in [1.29, 1.82) is 0 Å². The van der Waals surface area contributed by atoms with E-state index in [9.17, 15) is 9.59 Å². The molecular formula is C26H30N2O3. The Kier molecular flexibility index (Phi) is 5.30. The van der Waals surface area contributed by atoms with E-state index in [0.717, 1.165) is 50.1 Å². The van der Waals surface area contributed by atoms with Crippen LogP contribution in [0.5, 0.6) is 0 Å². The highest BCUT2D eigenvalue weighted by Crippen LogP contribution is 2.35. The molecular weight excluding hydrogens is 388 g/mol. The predicted molar refractivity (Wildman–Crippen MR) is 120 cm³/mol. The van der Waals surface area contributed by atoms with Gasteiger partial charge >= 0.3 is 0 Å². The number of nitrogens with one attached hydrogen (secondary N) is 1. The largest absolute Gasteiger partial charge is 0.380 e. The van der Waals surface area contributed by atoms with Crippen LogP contribution in [-0.2, 0) is 16.1 Å². The fraction of sp³-hybridized carbons (Fsp3) is 0.462. The quantitative estimate of drug-likeness (QED) is 0.791. The summed E-state index contributed by atoms with van der Waals surface area (Å²) in [5.41, 5.74) is 6.60. The highest BCUT2D eigenvalue weighted by molar-refractivity contribution is 5.99. The fourth-order valence-corrected chi connectivity index (χ4v) is 5.27. The number of hydrogen-bond donors (Lipinski definition) is 1. The van der Waals surface area contributed by atoms with Crippen LogP contribution in [0.15, 0.2) is 36.4 Å². The fourth-order valence-electron chi connectivity index (χ4n) is 5.27. The van der Waals surface area contributed by atoms with Gasteiger partial charge in [0.1, 0.15) is 0 Å². The van der Waals surface area contributed by atoms with Crippen molar-refractivity contribution < 1.29 is 14.3 Å². The lowest BCUT2D eigenvalue weighted by Gasteiger charge is -2.34. The van der Waals surface area contributed by atoms with Crippen LogP contribution in [0, 0.1) is 19.8 Å². The van der Waals surface area contributed by atoms with Gasteiger partial charge in [-0.2, -0.15) is 0 Å². The van der Waals surface area contributed by atoms with Crippen molar-refractivity contribution in [3.8, 4) is 0 Å². The van der Waals surface area contributed by atoms with Gasteiger partial charge in [0, 0.05) is 35.7 Å². The summed E-state index contributed by atoms with van der Waals surface area (Å²) in [6, 6.07) is 12.4. The first-order valence-electron chi connectivity index (χ1n) is 11.4. The summed E-state index contributed by atoms with van der Waals surface area (Å²) in [6.45, 7) is 6.42. The maximum absolute atomic E-state index is 12.9. The van der Waals surface area contributed by atoms with Crippen LogP contribution in [0.3, 0.4) is 0 Å². The van der Waals surface area contributed by atoms with E-state index in [1.54, 1.807) is 0 Å². The maximum Gasteiger partial charge on any atom is 0.254 e. The van der Waals surface area contributed by atoms with Crippen LogP contribution in [0.4, 0.5) is 5.69 Å². The molecule has 2 heterocycles. The van der Waals surface area contributed by atoms with Crippen LogP contribution >= 0.6 is 0 Å². The minimum atomic E-state index is 0.00913. The van der Waals surface area contributed by atoms with Crippen LogP contribution in [0.1, 0.15) is 64.2 Å². The Bertz CT molecular complexity index is 1020. The molecule has 0 aromatic heterocycles. The lowest BCUT2D eigenvalue weighted by molar-refractivity contribution is -0.121. The monoisotopic (exact) mass is 418 g/mol. The number of carbonyl (C=O) groups is 2. The predicted octanol–water partition coefficient (Wildman–Crippen LogP) is 4.57. The molecule has 1 N–H and O–H groups in total. The van der Waals surface area contributed by atoms with Gasteiger partial charge < -0.3 is 15.0 Å².